The van der Waals surface area contributed by atoms with Crippen LogP contribution in [-0.4, -0.2) is 19.4 Å². The van der Waals surface area contributed by atoms with Gasteiger partial charge in [-0.05, 0) is 13.0 Å². The first-order valence-corrected chi connectivity index (χ1v) is 7.30. The highest BCUT2D eigenvalue weighted by Crippen LogP contribution is 2.42. The third-order valence-corrected chi connectivity index (χ3v) is 3.79. The minimum Gasteiger partial charge on any atom is -0.277 e. The van der Waals surface area contributed by atoms with Crippen molar-refractivity contribution in [3.8, 4) is 5.69 Å². The molecule has 122 valence electrons. The van der Waals surface area contributed by atoms with Crippen LogP contribution in [0.4, 0.5) is 11.4 Å². The van der Waals surface area contributed by atoms with E-state index in [0.717, 1.165) is 22.8 Å². The molecule has 0 aliphatic heterocycles. The number of hydrogen-bond acceptors (Lipinski definition) is 5. The molecule has 0 unspecified atom stereocenters. The van der Waals surface area contributed by atoms with Crippen molar-refractivity contribution in [2.45, 2.75) is 10.7 Å². The monoisotopic (exact) mass is 398 g/mol. The fourth-order valence-corrected chi connectivity index (χ4v) is 2.47. The molecule has 2 rings (SSSR count). The molecule has 0 bridgehead atoms. The van der Waals surface area contributed by atoms with Crippen LogP contribution in [0.1, 0.15) is 11.5 Å². The first-order chi connectivity index (χ1) is 10.5. The van der Waals surface area contributed by atoms with Gasteiger partial charge in [-0.1, -0.05) is 46.4 Å². The number of non-ortho nitro benzene ring substituents is 1. The van der Waals surface area contributed by atoms with Gasteiger partial charge in [-0.15, -0.1) is 0 Å². The molecule has 1 heterocycles. The summed E-state index contributed by atoms with van der Waals surface area (Å²) < 4.78 is -0.931. The fraction of sp³-hybridized carbons (Fsp3) is 0.182. The van der Waals surface area contributed by atoms with Crippen molar-refractivity contribution < 1.29 is 9.85 Å². The lowest BCUT2D eigenvalue weighted by molar-refractivity contribution is -0.394. The largest absolute Gasteiger partial charge is 0.300 e. The topological polar surface area (TPSA) is 104 Å². The number of nitro benzene ring substituents is 2. The minimum absolute atomic E-state index is 0.0109. The van der Waals surface area contributed by atoms with Gasteiger partial charge in [0, 0.05) is 6.07 Å². The maximum absolute atomic E-state index is 11.3. The molecular formula is C11H6Cl4N4O4. The van der Waals surface area contributed by atoms with Crippen LogP contribution in [0, 0.1) is 27.2 Å². The Bertz CT molecular complexity index is 815. The molecule has 0 saturated carbocycles. The molecule has 1 aromatic heterocycles. The molecule has 0 saturated heterocycles. The van der Waals surface area contributed by atoms with Crippen LogP contribution in [0.5, 0.6) is 0 Å². The number of aromatic nitrogens is 2. The fourth-order valence-electron chi connectivity index (χ4n) is 1.88. The number of aryl methyl sites for hydroxylation is 1. The zero-order valence-corrected chi connectivity index (χ0v) is 14.2. The van der Waals surface area contributed by atoms with Gasteiger partial charge in [0.15, 0.2) is 5.82 Å². The first-order valence-electron chi connectivity index (χ1n) is 5.79. The number of rotatable bonds is 3. The number of imidazole rings is 1. The molecule has 1 aromatic carbocycles. The number of nitrogens with zero attached hydrogens (tertiary/aromatic N) is 4. The van der Waals surface area contributed by atoms with E-state index in [1.54, 1.807) is 0 Å². The van der Waals surface area contributed by atoms with E-state index in [9.17, 15) is 20.2 Å². The van der Waals surface area contributed by atoms with E-state index < -0.39 is 25.0 Å². The van der Waals surface area contributed by atoms with Crippen LogP contribution in [0.3, 0.4) is 0 Å². The first kappa shape index (κ1) is 17.7. The van der Waals surface area contributed by atoms with Crippen molar-refractivity contribution in [2.75, 3.05) is 0 Å². The van der Waals surface area contributed by atoms with Crippen molar-refractivity contribution >= 4 is 57.8 Å². The van der Waals surface area contributed by atoms with Gasteiger partial charge in [0.05, 0.1) is 21.6 Å². The summed E-state index contributed by atoms with van der Waals surface area (Å²) in [6, 6.07) is 3.02. The van der Waals surface area contributed by atoms with Crippen molar-refractivity contribution in [2.24, 2.45) is 0 Å². The second-order valence-corrected chi connectivity index (χ2v) is 6.97. The SMILES string of the molecule is Cc1nc(C(Cl)(Cl)Cl)n(-c2ccc([N+](=O)[O-])cc2[N+](=O)[O-])c1Cl. The Morgan fingerprint density at radius 3 is 2.26 bits per heavy atom. The van der Waals surface area contributed by atoms with E-state index in [0.29, 0.717) is 0 Å². The summed E-state index contributed by atoms with van der Waals surface area (Å²) in [5.74, 6) is -0.165. The summed E-state index contributed by atoms with van der Waals surface area (Å²) in [4.78, 5) is 24.5. The lowest BCUT2D eigenvalue weighted by Gasteiger charge is -2.14. The molecule has 0 spiro atoms. The molecule has 0 atom stereocenters. The lowest BCUT2D eigenvalue weighted by Crippen LogP contribution is -2.12. The van der Waals surface area contributed by atoms with E-state index in [1.165, 1.54) is 6.92 Å². The van der Waals surface area contributed by atoms with E-state index in [1.807, 2.05) is 0 Å². The highest BCUT2D eigenvalue weighted by atomic mass is 35.6. The van der Waals surface area contributed by atoms with Crippen LogP contribution in [0.15, 0.2) is 18.2 Å². The summed E-state index contributed by atoms with van der Waals surface area (Å²) in [6.45, 7) is 1.52. The molecule has 0 radical (unpaired) electrons. The van der Waals surface area contributed by atoms with Gasteiger partial charge in [-0.2, -0.15) is 0 Å². The van der Waals surface area contributed by atoms with Crippen LogP contribution in [0.25, 0.3) is 5.69 Å². The third kappa shape index (κ3) is 3.35. The van der Waals surface area contributed by atoms with E-state index in [-0.39, 0.29) is 22.4 Å². The molecule has 23 heavy (non-hydrogen) atoms. The van der Waals surface area contributed by atoms with Crippen molar-refractivity contribution in [1.82, 2.24) is 9.55 Å². The second kappa shape index (κ2) is 6.12. The molecule has 0 N–H and O–H groups in total. The Hall–Kier alpha value is -1.61. The maximum atomic E-state index is 11.3. The normalized spacial score (nSPS) is 11.5. The quantitative estimate of drug-likeness (QED) is 0.430. The van der Waals surface area contributed by atoms with Crippen molar-refractivity contribution in [3.63, 3.8) is 0 Å². The predicted octanol–water partition coefficient (Wildman–Crippen LogP) is 4.48. The van der Waals surface area contributed by atoms with Gasteiger partial charge in [0.2, 0.25) is 3.79 Å². The molecule has 12 heteroatoms. The number of benzene rings is 1. The van der Waals surface area contributed by atoms with Gasteiger partial charge in [-0.3, -0.25) is 24.8 Å². The van der Waals surface area contributed by atoms with Crippen molar-refractivity contribution in [1.29, 1.82) is 0 Å². The summed E-state index contributed by atoms with van der Waals surface area (Å²) in [6.07, 6.45) is 0. The van der Waals surface area contributed by atoms with Crippen LogP contribution < -0.4 is 0 Å². The van der Waals surface area contributed by atoms with Crippen LogP contribution in [-0.2, 0) is 3.79 Å². The summed E-state index contributed by atoms with van der Waals surface area (Å²) >= 11 is 23.6. The van der Waals surface area contributed by atoms with Gasteiger partial charge >= 0.3 is 0 Å². The smallest absolute Gasteiger partial charge is 0.277 e. The average Bonchev–Trinajstić information content (AvgIpc) is 2.74. The Morgan fingerprint density at radius 2 is 1.78 bits per heavy atom. The summed E-state index contributed by atoms with van der Waals surface area (Å²) in [7, 11) is 0. The molecule has 0 aliphatic rings. The number of nitro groups is 2. The standard InChI is InChI=1S/C11H6Cl4N4O4/c1-5-9(12)17(10(16-5)11(13,14)15)7-3-2-6(18(20)21)4-8(7)19(22)23/h2-4H,1H3. The molecule has 8 nitrogen and oxygen atoms in total. The third-order valence-electron chi connectivity index (χ3n) is 2.84. The average molecular weight is 400 g/mol. The van der Waals surface area contributed by atoms with Gasteiger partial charge in [0.1, 0.15) is 10.8 Å². The number of alkyl halides is 3. The van der Waals surface area contributed by atoms with Crippen LogP contribution in [0.2, 0.25) is 5.15 Å². The summed E-state index contributed by atoms with van der Waals surface area (Å²) in [5.41, 5.74) is -0.856. The van der Waals surface area contributed by atoms with Gasteiger partial charge in [0.25, 0.3) is 11.4 Å². The van der Waals surface area contributed by atoms with Crippen LogP contribution >= 0.6 is 46.4 Å². The van der Waals surface area contributed by atoms with Crippen molar-refractivity contribution in [3.05, 3.63) is 55.1 Å². The predicted molar refractivity (Wildman–Crippen MR) is 85.9 cm³/mol. The van der Waals surface area contributed by atoms with Gasteiger partial charge in [-0.25, -0.2) is 4.98 Å². The Labute approximate surface area is 148 Å². The van der Waals surface area contributed by atoms with E-state index in [2.05, 4.69) is 4.98 Å². The minimum atomic E-state index is -2.01. The molecular weight excluding hydrogens is 394 g/mol. The Balaban J connectivity index is 2.82. The highest BCUT2D eigenvalue weighted by Gasteiger charge is 2.34. The molecule has 0 aliphatic carbocycles. The second-order valence-electron chi connectivity index (χ2n) is 4.33. The van der Waals surface area contributed by atoms with Gasteiger partial charge < -0.3 is 0 Å². The number of halogens is 4. The maximum Gasteiger partial charge on any atom is 0.300 e. The zero-order chi connectivity index (χ0) is 17.5. The molecule has 0 fully saturated rings. The van der Waals surface area contributed by atoms with E-state index in [4.69, 9.17) is 46.4 Å². The zero-order valence-electron chi connectivity index (χ0n) is 11.2. The highest BCUT2D eigenvalue weighted by molar-refractivity contribution is 6.66. The number of hydrogen-bond donors (Lipinski definition) is 0. The lowest BCUT2D eigenvalue weighted by atomic mass is 10.2. The Kier molecular flexibility index (Phi) is 4.72. The summed E-state index contributed by atoms with van der Waals surface area (Å²) in [5, 5.41) is 22.0. The van der Waals surface area contributed by atoms with E-state index >= 15 is 0 Å². The Morgan fingerprint density at radius 1 is 1.17 bits per heavy atom. The molecule has 2 aromatic rings. The molecule has 0 amide bonds.